The quantitative estimate of drug-likeness (QED) is 0.737. The SMILES string of the molecule is O=C(CCc1ccccc1)Nc1cccc(C2NC(=O)NC2=O)c1. The van der Waals surface area contributed by atoms with Crippen LogP contribution in [0, 0.1) is 0 Å². The van der Waals surface area contributed by atoms with Gasteiger partial charge < -0.3 is 10.6 Å². The molecule has 4 amide bonds. The van der Waals surface area contributed by atoms with Crippen LogP contribution >= 0.6 is 0 Å². The molecule has 0 saturated carbocycles. The van der Waals surface area contributed by atoms with Gasteiger partial charge in [-0.3, -0.25) is 14.9 Å². The van der Waals surface area contributed by atoms with E-state index in [0.29, 0.717) is 24.1 Å². The van der Waals surface area contributed by atoms with Crippen molar-refractivity contribution in [1.82, 2.24) is 10.6 Å². The maximum absolute atomic E-state index is 12.1. The Balaban J connectivity index is 1.61. The fraction of sp³-hybridized carbons (Fsp3) is 0.167. The lowest BCUT2D eigenvalue weighted by Crippen LogP contribution is -2.22. The molecule has 0 radical (unpaired) electrons. The van der Waals surface area contributed by atoms with E-state index >= 15 is 0 Å². The molecule has 1 aliphatic heterocycles. The van der Waals surface area contributed by atoms with Crippen LogP contribution in [0.2, 0.25) is 0 Å². The summed E-state index contributed by atoms with van der Waals surface area (Å²) >= 11 is 0. The highest BCUT2D eigenvalue weighted by Crippen LogP contribution is 2.20. The monoisotopic (exact) mass is 323 g/mol. The third-order valence-corrected chi connectivity index (χ3v) is 3.76. The van der Waals surface area contributed by atoms with Gasteiger partial charge in [0.2, 0.25) is 5.91 Å². The van der Waals surface area contributed by atoms with Crippen LogP contribution in [0.15, 0.2) is 54.6 Å². The van der Waals surface area contributed by atoms with Crippen LogP contribution in [0.3, 0.4) is 0 Å². The topological polar surface area (TPSA) is 87.3 Å². The van der Waals surface area contributed by atoms with Crippen LogP contribution in [0.4, 0.5) is 10.5 Å². The average molecular weight is 323 g/mol. The number of urea groups is 1. The average Bonchev–Trinajstić information content (AvgIpc) is 2.93. The number of hydrogen-bond acceptors (Lipinski definition) is 3. The molecule has 1 fully saturated rings. The van der Waals surface area contributed by atoms with Gasteiger partial charge >= 0.3 is 6.03 Å². The molecule has 0 aliphatic carbocycles. The first-order chi connectivity index (χ1) is 11.6. The number of nitrogens with one attached hydrogen (secondary N) is 3. The molecule has 0 aromatic heterocycles. The minimum Gasteiger partial charge on any atom is -0.326 e. The maximum Gasteiger partial charge on any atom is 0.322 e. The van der Waals surface area contributed by atoms with Crippen molar-refractivity contribution in [3.63, 3.8) is 0 Å². The third kappa shape index (κ3) is 3.78. The molecule has 2 aromatic carbocycles. The lowest BCUT2D eigenvalue weighted by atomic mass is 10.1. The summed E-state index contributed by atoms with van der Waals surface area (Å²) in [6.45, 7) is 0. The van der Waals surface area contributed by atoms with Crippen LogP contribution in [0.25, 0.3) is 0 Å². The summed E-state index contributed by atoms with van der Waals surface area (Å²) in [5.74, 6) is -0.497. The van der Waals surface area contributed by atoms with Crippen molar-refractivity contribution in [2.75, 3.05) is 5.32 Å². The number of amides is 4. The Morgan fingerprint density at radius 2 is 1.83 bits per heavy atom. The summed E-state index contributed by atoms with van der Waals surface area (Å²) in [6, 6.07) is 15.5. The Morgan fingerprint density at radius 3 is 2.54 bits per heavy atom. The van der Waals surface area contributed by atoms with Gasteiger partial charge in [-0.25, -0.2) is 4.79 Å². The van der Waals surface area contributed by atoms with Crippen molar-refractivity contribution in [3.8, 4) is 0 Å². The zero-order valence-electron chi connectivity index (χ0n) is 12.9. The van der Waals surface area contributed by atoms with Crippen molar-refractivity contribution in [2.24, 2.45) is 0 Å². The number of benzene rings is 2. The summed E-state index contributed by atoms with van der Waals surface area (Å²) in [7, 11) is 0. The Hall–Kier alpha value is -3.15. The molecular weight excluding hydrogens is 306 g/mol. The molecule has 1 aliphatic rings. The van der Waals surface area contributed by atoms with Gasteiger partial charge in [0.05, 0.1) is 0 Å². The largest absolute Gasteiger partial charge is 0.326 e. The summed E-state index contributed by atoms with van der Waals surface area (Å²) in [6.07, 6.45) is 1.03. The van der Waals surface area contributed by atoms with Gasteiger partial charge in [-0.15, -0.1) is 0 Å². The number of aryl methyl sites for hydroxylation is 1. The van der Waals surface area contributed by atoms with Gasteiger partial charge in [-0.05, 0) is 29.7 Å². The fourth-order valence-corrected chi connectivity index (χ4v) is 2.57. The molecule has 1 atom stereocenters. The third-order valence-electron chi connectivity index (χ3n) is 3.76. The molecule has 1 saturated heterocycles. The number of imide groups is 1. The van der Waals surface area contributed by atoms with E-state index in [-0.39, 0.29) is 5.91 Å². The zero-order valence-corrected chi connectivity index (χ0v) is 12.9. The van der Waals surface area contributed by atoms with Crippen molar-refractivity contribution < 1.29 is 14.4 Å². The van der Waals surface area contributed by atoms with E-state index in [1.165, 1.54) is 0 Å². The van der Waals surface area contributed by atoms with E-state index in [4.69, 9.17) is 0 Å². The molecule has 24 heavy (non-hydrogen) atoms. The van der Waals surface area contributed by atoms with Crippen LogP contribution in [0.1, 0.15) is 23.6 Å². The van der Waals surface area contributed by atoms with E-state index < -0.39 is 18.0 Å². The summed E-state index contributed by atoms with van der Waals surface area (Å²) in [5.41, 5.74) is 2.32. The molecular formula is C18H17N3O3. The molecule has 3 N–H and O–H groups in total. The Morgan fingerprint density at radius 1 is 1.04 bits per heavy atom. The molecule has 0 bridgehead atoms. The number of rotatable bonds is 5. The second-order valence-corrected chi connectivity index (χ2v) is 5.55. The van der Waals surface area contributed by atoms with Gasteiger partial charge in [-0.2, -0.15) is 0 Å². The van der Waals surface area contributed by atoms with Crippen molar-refractivity contribution in [3.05, 3.63) is 65.7 Å². The first-order valence-corrected chi connectivity index (χ1v) is 7.67. The predicted octanol–water partition coefficient (Wildman–Crippen LogP) is 2.14. The van der Waals surface area contributed by atoms with E-state index in [0.717, 1.165) is 5.56 Å². The van der Waals surface area contributed by atoms with E-state index in [1.807, 2.05) is 30.3 Å². The Labute approximate surface area is 139 Å². The van der Waals surface area contributed by atoms with E-state index in [9.17, 15) is 14.4 Å². The predicted molar refractivity (Wildman–Crippen MR) is 89.3 cm³/mol. The number of carbonyl (C=O) groups is 3. The van der Waals surface area contributed by atoms with Gasteiger partial charge in [0.15, 0.2) is 0 Å². The van der Waals surface area contributed by atoms with Crippen molar-refractivity contribution >= 4 is 23.5 Å². The number of carbonyl (C=O) groups excluding carboxylic acids is 3. The van der Waals surface area contributed by atoms with Gasteiger partial charge in [0.25, 0.3) is 5.91 Å². The van der Waals surface area contributed by atoms with Gasteiger partial charge in [0, 0.05) is 12.1 Å². The number of hydrogen-bond donors (Lipinski definition) is 3. The standard InChI is InChI=1S/C18H17N3O3/c22-15(10-9-12-5-2-1-3-6-12)19-14-8-4-7-13(11-14)16-17(23)21-18(24)20-16/h1-8,11,16H,9-10H2,(H,19,22)(H2,20,21,23,24). The van der Waals surface area contributed by atoms with Crippen LogP contribution < -0.4 is 16.0 Å². The number of anilines is 1. The molecule has 1 heterocycles. The minimum atomic E-state index is -0.723. The van der Waals surface area contributed by atoms with E-state index in [2.05, 4.69) is 16.0 Å². The van der Waals surface area contributed by atoms with Crippen LogP contribution in [-0.4, -0.2) is 17.8 Å². The highest BCUT2D eigenvalue weighted by Gasteiger charge is 2.30. The maximum atomic E-state index is 12.1. The zero-order chi connectivity index (χ0) is 16.9. The molecule has 1 unspecified atom stereocenters. The lowest BCUT2D eigenvalue weighted by Gasteiger charge is -2.10. The van der Waals surface area contributed by atoms with E-state index in [1.54, 1.807) is 24.3 Å². The molecule has 6 nitrogen and oxygen atoms in total. The second kappa shape index (κ2) is 6.95. The summed E-state index contributed by atoms with van der Waals surface area (Å²) in [4.78, 5) is 35.0. The van der Waals surface area contributed by atoms with Gasteiger partial charge in [0.1, 0.15) is 6.04 Å². The van der Waals surface area contributed by atoms with Crippen molar-refractivity contribution in [1.29, 1.82) is 0 Å². The fourth-order valence-electron chi connectivity index (χ4n) is 2.57. The summed E-state index contributed by atoms with van der Waals surface area (Å²) in [5, 5.41) is 7.54. The first-order valence-electron chi connectivity index (χ1n) is 7.67. The van der Waals surface area contributed by atoms with Crippen LogP contribution in [-0.2, 0) is 16.0 Å². The highest BCUT2D eigenvalue weighted by atomic mass is 16.2. The lowest BCUT2D eigenvalue weighted by molar-refractivity contribution is -0.120. The molecule has 6 heteroatoms. The summed E-state index contributed by atoms with van der Waals surface area (Å²) < 4.78 is 0. The molecule has 2 aromatic rings. The van der Waals surface area contributed by atoms with Gasteiger partial charge in [-0.1, -0.05) is 42.5 Å². The molecule has 122 valence electrons. The smallest absolute Gasteiger partial charge is 0.322 e. The Kier molecular flexibility index (Phi) is 4.56. The highest BCUT2D eigenvalue weighted by molar-refractivity contribution is 6.04. The van der Waals surface area contributed by atoms with Crippen LogP contribution in [0.5, 0.6) is 0 Å². The molecule has 0 spiro atoms. The Bertz CT molecular complexity index is 774. The first kappa shape index (κ1) is 15.7. The normalized spacial score (nSPS) is 16.4. The van der Waals surface area contributed by atoms with Crippen molar-refractivity contribution in [2.45, 2.75) is 18.9 Å². The molecule has 3 rings (SSSR count). The minimum absolute atomic E-state index is 0.101. The second-order valence-electron chi connectivity index (χ2n) is 5.55.